The maximum absolute atomic E-state index is 12.4. The highest BCUT2D eigenvalue weighted by Gasteiger charge is 2.36. The second-order valence-corrected chi connectivity index (χ2v) is 6.63. The minimum Gasteiger partial charge on any atom is -0.461 e. The van der Waals surface area contributed by atoms with Crippen LogP contribution in [0.5, 0.6) is 5.75 Å². The lowest BCUT2D eigenvalue weighted by atomic mass is 10.2. The Balaban J connectivity index is 2.06. The van der Waals surface area contributed by atoms with Crippen molar-refractivity contribution in [2.45, 2.75) is 33.3 Å². The summed E-state index contributed by atoms with van der Waals surface area (Å²) in [5, 5.41) is -0.515. The minimum atomic E-state index is -0.617. The van der Waals surface area contributed by atoms with Gasteiger partial charge in [-0.15, -0.1) is 0 Å². The average Bonchev–Trinajstić information content (AvgIpc) is 2.83. The molecule has 1 fully saturated rings. The zero-order valence-corrected chi connectivity index (χ0v) is 15.5. The number of esters is 2. The molecule has 0 saturated carbocycles. The van der Waals surface area contributed by atoms with E-state index < -0.39 is 29.6 Å². The quantitative estimate of drug-likeness (QED) is 0.428. The predicted octanol–water partition coefficient (Wildman–Crippen LogP) is 2.99. The third-order valence-corrected chi connectivity index (χ3v) is 4.42. The van der Waals surface area contributed by atoms with Crippen LogP contribution in [0.25, 0.3) is 6.08 Å². The van der Waals surface area contributed by atoms with E-state index in [1.807, 2.05) is 6.92 Å². The fourth-order valence-electron chi connectivity index (χ4n) is 2.06. The van der Waals surface area contributed by atoms with Crippen LogP contribution in [0.15, 0.2) is 29.2 Å². The first kappa shape index (κ1) is 19.7. The Morgan fingerprint density at radius 2 is 1.88 bits per heavy atom. The Labute approximate surface area is 155 Å². The van der Waals surface area contributed by atoms with Gasteiger partial charge in [0.25, 0.3) is 11.1 Å². The number of benzene rings is 1. The lowest BCUT2D eigenvalue weighted by Gasteiger charge is -2.14. The number of ether oxygens (including phenoxy) is 2. The van der Waals surface area contributed by atoms with Crippen LogP contribution >= 0.6 is 11.8 Å². The second kappa shape index (κ2) is 8.66. The number of imide groups is 1. The molecule has 138 valence electrons. The summed E-state index contributed by atoms with van der Waals surface area (Å²) < 4.78 is 10.0. The molecule has 0 unspecified atom stereocenters. The van der Waals surface area contributed by atoms with E-state index in [0.717, 1.165) is 16.7 Å². The van der Waals surface area contributed by atoms with Crippen molar-refractivity contribution < 1.29 is 28.7 Å². The highest BCUT2D eigenvalue weighted by atomic mass is 32.2. The summed E-state index contributed by atoms with van der Waals surface area (Å²) >= 11 is 0.764. The number of carbonyl (C=O) groups is 4. The first-order valence-electron chi connectivity index (χ1n) is 8.03. The molecule has 1 saturated heterocycles. The summed E-state index contributed by atoms with van der Waals surface area (Å²) in [5.74, 6) is -1.20. The van der Waals surface area contributed by atoms with E-state index >= 15 is 0 Å². The SMILES string of the molecule is CC[C@H](C)OC(=O)CN1C(=O)S/C(=C/c2ccc(OC(C)=O)cc2)C1=O. The molecule has 1 aliphatic rings. The molecule has 1 aromatic rings. The summed E-state index contributed by atoms with van der Waals surface area (Å²) in [6, 6.07) is 6.48. The predicted molar refractivity (Wildman–Crippen MR) is 96.3 cm³/mol. The maximum Gasteiger partial charge on any atom is 0.326 e. The fraction of sp³-hybridized carbons (Fsp3) is 0.333. The molecule has 1 aromatic carbocycles. The molecule has 0 aromatic heterocycles. The highest BCUT2D eigenvalue weighted by Crippen LogP contribution is 2.32. The van der Waals surface area contributed by atoms with Gasteiger partial charge in [-0.1, -0.05) is 19.1 Å². The van der Waals surface area contributed by atoms with E-state index in [-0.39, 0.29) is 11.0 Å². The molecule has 1 aliphatic heterocycles. The normalized spacial score (nSPS) is 16.7. The van der Waals surface area contributed by atoms with Gasteiger partial charge in [-0.3, -0.25) is 24.1 Å². The Hall–Kier alpha value is -2.61. The molecule has 0 spiro atoms. The van der Waals surface area contributed by atoms with Crippen LogP contribution in [0, 0.1) is 0 Å². The molecule has 0 radical (unpaired) electrons. The highest BCUT2D eigenvalue weighted by molar-refractivity contribution is 8.18. The van der Waals surface area contributed by atoms with Crippen molar-refractivity contribution in [3.63, 3.8) is 0 Å². The minimum absolute atomic E-state index is 0.214. The standard InChI is InChI=1S/C18H19NO6S/c1-4-11(2)24-16(21)10-19-17(22)15(26-18(19)23)9-13-5-7-14(8-6-13)25-12(3)20/h5-9,11H,4,10H2,1-3H3/b15-9+/t11-/m0/s1. The number of carbonyl (C=O) groups excluding carboxylic acids is 4. The maximum atomic E-state index is 12.4. The van der Waals surface area contributed by atoms with Gasteiger partial charge in [0.05, 0.1) is 11.0 Å². The van der Waals surface area contributed by atoms with E-state index in [9.17, 15) is 19.2 Å². The lowest BCUT2D eigenvalue weighted by Crippen LogP contribution is -2.35. The molecule has 2 rings (SSSR count). The molecule has 0 aliphatic carbocycles. The summed E-state index contributed by atoms with van der Waals surface area (Å²) in [5.41, 5.74) is 0.661. The average molecular weight is 377 g/mol. The Bertz CT molecular complexity index is 755. The van der Waals surface area contributed by atoms with Crippen LogP contribution in [0.2, 0.25) is 0 Å². The molecule has 8 heteroatoms. The fourth-order valence-corrected chi connectivity index (χ4v) is 2.90. The van der Waals surface area contributed by atoms with Gasteiger partial charge in [-0.25, -0.2) is 0 Å². The lowest BCUT2D eigenvalue weighted by molar-refractivity contribution is -0.150. The van der Waals surface area contributed by atoms with Crippen LogP contribution < -0.4 is 4.74 Å². The molecule has 1 heterocycles. The van der Waals surface area contributed by atoms with Gasteiger partial charge in [0, 0.05) is 6.92 Å². The molecular weight excluding hydrogens is 358 g/mol. The first-order chi connectivity index (χ1) is 12.3. The van der Waals surface area contributed by atoms with Gasteiger partial charge in [-0.2, -0.15) is 0 Å². The zero-order chi connectivity index (χ0) is 19.3. The number of rotatable bonds is 6. The van der Waals surface area contributed by atoms with Gasteiger partial charge in [0.2, 0.25) is 0 Å². The molecule has 2 amide bonds. The third-order valence-electron chi connectivity index (χ3n) is 3.51. The summed E-state index contributed by atoms with van der Waals surface area (Å²) in [4.78, 5) is 48.2. The molecule has 0 N–H and O–H groups in total. The number of amides is 2. The smallest absolute Gasteiger partial charge is 0.326 e. The summed E-state index contributed by atoms with van der Waals surface area (Å²) in [6.45, 7) is 4.51. The van der Waals surface area contributed by atoms with E-state index in [1.165, 1.54) is 6.92 Å². The largest absolute Gasteiger partial charge is 0.461 e. The van der Waals surface area contributed by atoms with E-state index in [1.54, 1.807) is 37.3 Å². The van der Waals surface area contributed by atoms with E-state index in [0.29, 0.717) is 17.7 Å². The van der Waals surface area contributed by atoms with Crippen molar-refractivity contribution in [3.05, 3.63) is 34.7 Å². The van der Waals surface area contributed by atoms with Crippen molar-refractivity contribution in [2.24, 2.45) is 0 Å². The topological polar surface area (TPSA) is 90.0 Å². The van der Waals surface area contributed by atoms with Crippen molar-refractivity contribution in [2.75, 3.05) is 6.54 Å². The van der Waals surface area contributed by atoms with Crippen LogP contribution in [0.3, 0.4) is 0 Å². The Kier molecular flexibility index (Phi) is 6.57. The Morgan fingerprint density at radius 3 is 2.46 bits per heavy atom. The molecule has 26 heavy (non-hydrogen) atoms. The third kappa shape index (κ3) is 5.19. The number of thioether (sulfide) groups is 1. The number of hydrogen-bond donors (Lipinski definition) is 0. The monoisotopic (exact) mass is 377 g/mol. The van der Waals surface area contributed by atoms with Crippen LogP contribution in [0.1, 0.15) is 32.8 Å². The Morgan fingerprint density at radius 1 is 1.23 bits per heavy atom. The van der Waals surface area contributed by atoms with Gasteiger partial charge < -0.3 is 9.47 Å². The number of nitrogens with zero attached hydrogens (tertiary/aromatic N) is 1. The van der Waals surface area contributed by atoms with Gasteiger partial charge in [0.1, 0.15) is 12.3 Å². The van der Waals surface area contributed by atoms with Crippen molar-refractivity contribution in [3.8, 4) is 5.75 Å². The summed E-state index contributed by atoms with van der Waals surface area (Å²) in [7, 11) is 0. The van der Waals surface area contributed by atoms with Crippen molar-refractivity contribution >= 4 is 40.9 Å². The van der Waals surface area contributed by atoms with Gasteiger partial charge in [0.15, 0.2) is 0 Å². The van der Waals surface area contributed by atoms with Crippen LogP contribution in [0.4, 0.5) is 4.79 Å². The summed E-state index contributed by atoms with van der Waals surface area (Å²) in [6.07, 6.45) is 1.92. The van der Waals surface area contributed by atoms with Crippen molar-refractivity contribution in [1.29, 1.82) is 0 Å². The first-order valence-corrected chi connectivity index (χ1v) is 8.85. The molecule has 0 bridgehead atoms. The van der Waals surface area contributed by atoms with Crippen LogP contribution in [-0.2, 0) is 19.1 Å². The second-order valence-electron chi connectivity index (χ2n) is 5.64. The van der Waals surface area contributed by atoms with E-state index in [2.05, 4.69) is 0 Å². The van der Waals surface area contributed by atoms with Crippen LogP contribution in [-0.4, -0.2) is 40.6 Å². The molecule has 1 atom stereocenters. The van der Waals surface area contributed by atoms with Crippen molar-refractivity contribution in [1.82, 2.24) is 4.90 Å². The van der Waals surface area contributed by atoms with Gasteiger partial charge in [-0.05, 0) is 48.9 Å². The molecule has 7 nitrogen and oxygen atoms in total. The zero-order valence-electron chi connectivity index (χ0n) is 14.7. The molecular formula is C18H19NO6S. The number of hydrogen-bond acceptors (Lipinski definition) is 7. The van der Waals surface area contributed by atoms with Gasteiger partial charge >= 0.3 is 11.9 Å². The van der Waals surface area contributed by atoms with E-state index in [4.69, 9.17) is 9.47 Å².